The van der Waals surface area contributed by atoms with Gasteiger partial charge in [0.25, 0.3) is 0 Å². The second-order valence-corrected chi connectivity index (χ2v) is 4.04. The van der Waals surface area contributed by atoms with Crippen molar-refractivity contribution in [1.82, 2.24) is 15.5 Å². The van der Waals surface area contributed by atoms with E-state index in [0.717, 1.165) is 0 Å². The first-order chi connectivity index (χ1) is 7.99. The number of rotatable bonds is 8. The highest BCUT2D eigenvalue weighted by Crippen LogP contribution is 1.92. The Balaban J connectivity index is 3.62. The molecule has 0 saturated carbocycles. The van der Waals surface area contributed by atoms with Gasteiger partial charge in [0.15, 0.2) is 0 Å². The van der Waals surface area contributed by atoms with Crippen LogP contribution in [-0.4, -0.2) is 63.2 Å². The summed E-state index contributed by atoms with van der Waals surface area (Å²) in [5.41, 5.74) is 0. The Kier molecular flexibility index (Phi) is 8.35. The number of ether oxygens (including phenoxy) is 1. The van der Waals surface area contributed by atoms with Crippen LogP contribution in [-0.2, 0) is 14.3 Å². The van der Waals surface area contributed by atoms with E-state index in [2.05, 4.69) is 10.6 Å². The topological polar surface area (TPSA) is 70.7 Å². The molecule has 0 aromatic rings. The molecular weight excluding hydrogens is 222 g/mol. The van der Waals surface area contributed by atoms with Crippen LogP contribution in [0.15, 0.2) is 0 Å². The van der Waals surface area contributed by atoms with Crippen LogP contribution < -0.4 is 10.6 Å². The van der Waals surface area contributed by atoms with Gasteiger partial charge in [0.05, 0.1) is 19.7 Å². The number of carbonyl (C=O) groups excluding carboxylic acids is 2. The number of likely N-dealkylation sites (N-methyl/N-ethyl adjacent to an activating group) is 1. The Hall–Kier alpha value is -1.14. The Morgan fingerprint density at radius 1 is 1.29 bits per heavy atom. The molecule has 0 unspecified atom stereocenters. The molecule has 0 saturated heterocycles. The molecule has 0 aliphatic rings. The second kappa shape index (κ2) is 8.95. The predicted molar refractivity (Wildman–Crippen MR) is 65.7 cm³/mol. The van der Waals surface area contributed by atoms with Gasteiger partial charge in [0, 0.05) is 26.7 Å². The molecule has 100 valence electrons. The summed E-state index contributed by atoms with van der Waals surface area (Å²) < 4.78 is 4.80. The molecule has 17 heavy (non-hydrogen) atoms. The van der Waals surface area contributed by atoms with E-state index in [1.54, 1.807) is 19.1 Å². The number of nitrogens with one attached hydrogen (secondary N) is 2. The Labute approximate surface area is 103 Å². The molecule has 0 spiro atoms. The largest absolute Gasteiger partial charge is 0.383 e. The van der Waals surface area contributed by atoms with Gasteiger partial charge in [-0.05, 0) is 13.8 Å². The van der Waals surface area contributed by atoms with Gasteiger partial charge in [0.2, 0.25) is 11.8 Å². The lowest BCUT2D eigenvalue weighted by Crippen LogP contribution is -2.42. The minimum absolute atomic E-state index is 0.0234. The lowest BCUT2D eigenvalue weighted by molar-refractivity contribution is -0.130. The first-order valence-corrected chi connectivity index (χ1v) is 5.71. The maximum absolute atomic E-state index is 11.5. The van der Waals surface area contributed by atoms with Crippen molar-refractivity contribution in [2.24, 2.45) is 0 Å². The molecule has 6 nitrogen and oxygen atoms in total. The molecule has 2 N–H and O–H groups in total. The fraction of sp³-hybridized carbons (Fsp3) is 0.818. The third-order valence-corrected chi connectivity index (χ3v) is 2.36. The van der Waals surface area contributed by atoms with Crippen LogP contribution in [0, 0.1) is 0 Å². The van der Waals surface area contributed by atoms with Gasteiger partial charge in [-0.1, -0.05) is 0 Å². The fourth-order valence-electron chi connectivity index (χ4n) is 1.05. The molecule has 0 aromatic carbocycles. The van der Waals surface area contributed by atoms with Crippen LogP contribution in [0.3, 0.4) is 0 Å². The van der Waals surface area contributed by atoms with Crippen molar-refractivity contribution in [2.75, 3.05) is 40.4 Å². The van der Waals surface area contributed by atoms with Crippen LogP contribution in [0.4, 0.5) is 0 Å². The summed E-state index contributed by atoms with van der Waals surface area (Å²) in [5, 5.41) is 5.46. The Bertz CT molecular complexity index is 244. The molecule has 2 amide bonds. The molecule has 0 bridgehead atoms. The summed E-state index contributed by atoms with van der Waals surface area (Å²) in [5.74, 6) is -0.160. The van der Waals surface area contributed by atoms with Gasteiger partial charge < -0.3 is 15.0 Å². The van der Waals surface area contributed by atoms with E-state index >= 15 is 0 Å². The molecule has 0 atom stereocenters. The highest BCUT2D eigenvalue weighted by atomic mass is 16.5. The molecule has 0 radical (unpaired) electrons. The maximum Gasteiger partial charge on any atom is 0.236 e. The molecule has 0 aliphatic carbocycles. The summed E-state index contributed by atoms with van der Waals surface area (Å²) in [6.45, 7) is 5.16. The van der Waals surface area contributed by atoms with Crippen LogP contribution in [0.25, 0.3) is 0 Å². The minimum atomic E-state index is -0.137. The normalized spacial score (nSPS) is 10.4. The predicted octanol–water partition coefficient (Wildman–Crippen LogP) is -0.795. The Morgan fingerprint density at radius 2 is 1.94 bits per heavy atom. The van der Waals surface area contributed by atoms with Crippen molar-refractivity contribution in [2.45, 2.75) is 19.9 Å². The molecule has 0 heterocycles. The number of hydrogen-bond acceptors (Lipinski definition) is 4. The van der Waals surface area contributed by atoms with E-state index in [9.17, 15) is 9.59 Å². The zero-order chi connectivity index (χ0) is 13.3. The van der Waals surface area contributed by atoms with E-state index < -0.39 is 0 Å². The molecule has 0 rings (SSSR count). The summed E-state index contributed by atoms with van der Waals surface area (Å²) in [4.78, 5) is 24.4. The van der Waals surface area contributed by atoms with Gasteiger partial charge in [-0.3, -0.25) is 14.9 Å². The summed E-state index contributed by atoms with van der Waals surface area (Å²) in [6.07, 6.45) is 0. The van der Waals surface area contributed by atoms with Gasteiger partial charge in [-0.25, -0.2) is 0 Å². The first kappa shape index (κ1) is 15.9. The third kappa shape index (κ3) is 7.70. The van der Waals surface area contributed by atoms with E-state index in [0.29, 0.717) is 13.2 Å². The van der Waals surface area contributed by atoms with Gasteiger partial charge in [0.1, 0.15) is 0 Å². The van der Waals surface area contributed by atoms with Crippen LogP contribution >= 0.6 is 0 Å². The Morgan fingerprint density at radius 3 is 2.47 bits per heavy atom. The van der Waals surface area contributed by atoms with Crippen LogP contribution in [0.5, 0.6) is 0 Å². The van der Waals surface area contributed by atoms with Crippen molar-refractivity contribution in [3.05, 3.63) is 0 Å². The molecule has 6 heteroatoms. The number of methoxy groups -OCH3 is 1. The van der Waals surface area contributed by atoms with Crippen molar-refractivity contribution < 1.29 is 14.3 Å². The van der Waals surface area contributed by atoms with Crippen LogP contribution in [0.2, 0.25) is 0 Å². The zero-order valence-corrected chi connectivity index (χ0v) is 11.1. The SMILES string of the molecule is COCCNC(=O)CNCC(=O)N(C)C(C)C. The average molecular weight is 245 g/mol. The van der Waals surface area contributed by atoms with E-state index in [1.807, 2.05) is 13.8 Å². The zero-order valence-electron chi connectivity index (χ0n) is 11.1. The molecule has 0 fully saturated rings. The maximum atomic E-state index is 11.5. The summed E-state index contributed by atoms with van der Waals surface area (Å²) in [6, 6.07) is 0.167. The standard InChI is InChI=1S/C11H23N3O3/c1-9(2)14(3)11(16)8-12-7-10(15)13-5-6-17-4/h9,12H,5-8H2,1-4H3,(H,13,15). The molecule has 0 aliphatic heterocycles. The smallest absolute Gasteiger partial charge is 0.236 e. The number of amides is 2. The highest BCUT2D eigenvalue weighted by Gasteiger charge is 2.11. The average Bonchev–Trinajstić information content (AvgIpc) is 2.28. The van der Waals surface area contributed by atoms with Gasteiger partial charge in [-0.2, -0.15) is 0 Å². The van der Waals surface area contributed by atoms with Crippen molar-refractivity contribution in [1.29, 1.82) is 0 Å². The second-order valence-electron chi connectivity index (χ2n) is 4.04. The fourth-order valence-corrected chi connectivity index (χ4v) is 1.05. The van der Waals surface area contributed by atoms with Crippen molar-refractivity contribution >= 4 is 11.8 Å². The van der Waals surface area contributed by atoms with Crippen LogP contribution in [0.1, 0.15) is 13.8 Å². The van der Waals surface area contributed by atoms with Crippen molar-refractivity contribution in [3.8, 4) is 0 Å². The highest BCUT2D eigenvalue weighted by molar-refractivity contribution is 5.81. The van der Waals surface area contributed by atoms with E-state index in [4.69, 9.17) is 4.74 Å². The third-order valence-electron chi connectivity index (χ3n) is 2.36. The lowest BCUT2D eigenvalue weighted by Gasteiger charge is -2.21. The first-order valence-electron chi connectivity index (χ1n) is 5.71. The number of nitrogens with zero attached hydrogens (tertiary/aromatic N) is 1. The van der Waals surface area contributed by atoms with E-state index in [-0.39, 0.29) is 30.9 Å². The quantitative estimate of drug-likeness (QED) is 0.550. The van der Waals surface area contributed by atoms with Gasteiger partial charge in [-0.15, -0.1) is 0 Å². The van der Waals surface area contributed by atoms with Crippen molar-refractivity contribution in [3.63, 3.8) is 0 Å². The molecule has 0 aromatic heterocycles. The lowest BCUT2D eigenvalue weighted by atomic mass is 10.3. The number of carbonyl (C=O) groups is 2. The summed E-state index contributed by atoms with van der Waals surface area (Å²) in [7, 11) is 3.32. The van der Waals surface area contributed by atoms with E-state index in [1.165, 1.54) is 0 Å². The number of hydrogen-bond donors (Lipinski definition) is 2. The molecular formula is C11H23N3O3. The summed E-state index contributed by atoms with van der Waals surface area (Å²) >= 11 is 0. The monoisotopic (exact) mass is 245 g/mol. The van der Waals surface area contributed by atoms with Gasteiger partial charge >= 0.3 is 0 Å². The minimum Gasteiger partial charge on any atom is -0.383 e.